The van der Waals surface area contributed by atoms with Crippen molar-refractivity contribution in [1.82, 2.24) is 9.97 Å². The number of hydrogen-bond acceptors (Lipinski definition) is 5. The molecule has 4 nitrogen and oxygen atoms in total. The third-order valence-corrected chi connectivity index (χ3v) is 2.79. The van der Waals surface area contributed by atoms with Crippen LogP contribution in [0.3, 0.4) is 0 Å². The van der Waals surface area contributed by atoms with E-state index in [1.54, 1.807) is 12.4 Å². The van der Waals surface area contributed by atoms with Crippen molar-refractivity contribution in [2.75, 3.05) is 0 Å². The van der Waals surface area contributed by atoms with E-state index in [1.807, 2.05) is 27.7 Å². The number of nitrogens with two attached hydrogens (primary N) is 1. The topological polar surface area (TPSA) is 61.0 Å². The largest absolute Gasteiger partial charge is 0.366 e. The minimum Gasteiger partial charge on any atom is -0.366 e. The van der Waals surface area contributed by atoms with Crippen LogP contribution in [0.2, 0.25) is 0 Å². The van der Waals surface area contributed by atoms with Crippen LogP contribution in [0, 0.1) is 6.92 Å². The van der Waals surface area contributed by atoms with E-state index in [4.69, 9.17) is 9.88 Å². The van der Waals surface area contributed by atoms with Gasteiger partial charge in [-0.15, -0.1) is 0 Å². The summed E-state index contributed by atoms with van der Waals surface area (Å²) >= 11 is 1.27. The molecular formula is C11H19N3OS. The van der Waals surface area contributed by atoms with Gasteiger partial charge in [0.15, 0.2) is 5.82 Å². The highest BCUT2D eigenvalue weighted by Gasteiger charge is 2.23. The summed E-state index contributed by atoms with van der Waals surface area (Å²) in [6.45, 7) is 7.97. The Morgan fingerprint density at radius 2 is 1.81 bits per heavy atom. The standard InChI is InChI=1S/C11H19N3OS/c1-7(2)15-10(9(4)16-12)11-13-5-8(3)6-14-11/h5-7,9-10H,12H2,1-4H3. The number of aryl methyl sites for hydroxylation is 1. The van der Waals surface area contributed by atoms with Crippen molar-refractivity contribution in [3.63, 3.8) is 0 Å². The Balaban J connectivity index is 2.87. The molecule has 1 rings (SSSR count). The van der Waals surface area contributed by atoms with Gasteiger partial charge in [-0.3, -0.25) is 5.14 Å². The second kappa shape index (κ2) is 6.18. The van der Waals surface area contributed by atoms with Crippen LogP contribution in [-0.4, -0.2) is 21.3 Å². The van der Waals surface area contributed by atoms with E-state index in [2.05, 4.69) is 9.97 Å². The van der Waals surface area contributed by atoms with E-state index >= 15 is 0 Å². The van der Waals surface area contributed by atoms with Crippen molar-refractivity contribution in [2.24, 2.45) is 5.14 Å². The van der Waals surface area contributed by atoms with E-state index < -0.39 is 0 Å². The maximum absolute atomic E-state index is 5.80. The molecule has 90 valence electrons. The predicted molar refractivity (Wildman–Crippen MR) is 67.0 cm³/mol. The average Bonchev–Trinajstić information content (AvgIpc) is 2.26. The minimum atomic E-state index is -0.157. The van der Waals surface area contributed by atoms with Gasteiger partial charge in [0.05, 0.1) is 6.10 Å². The normalized spacial score (nSPS) is 15.1. The molecule has 0 saturated carbocycles. The van der Waals surface area contributed by atoms with Crippen LogP contribution in [0.15, 0.2) is 12.4 Å². The molecule has 0 radical (unpaired) electrons. The summed E-state index contributed by atoms with van der Waals surface area (Å²) in [5.41, 5.74) is 1.04. The highest BCUT2D eigenvalue weighted by molar-refractivity contribution is 7.97. The number of hydrogen-bond donors (Lipinski definition) is 1. The fourth-order valence-electron chi connectivity index (χ4n) is 1.30. The highest BCUT2D eigenvalue weighted by Crippen LogP contribution is 2.25. The molecule has 16 heavy (non-hydrogen) atoms. The molecule has 1 heterocycles. The Morgan fingerprint density at radius 3 is 2.25 bits per heavy atom. The van der Waals surface area contributed by atoms with Crippen molar-refractivity contribution in [3.05, 3.63) is 23.8 Å². The number of ether oxygens (including phenoxy) is 1. The van der Waals surface area contributed by atoms with E-state index in [0.29, 0.717) is 5.82 Å². The molecule has 0 aliphatic rings. The SMILES string of the molecule is Cc1cnc(C(OC(C)C)C(C)SN)nc1. The molecule has 0 bridgehead atoms. The van der Waals surface area contributed by atoms with Gasteiger partial charge in [0.1, 0.15) is 6.10 Å². The third kappa shape index (κ3) is 3.73. The molecule has 0 aliphatic heterocycles. The molecule has 2 atom stereocenters. The fraction of sp³-hybridized carbons (Fsp3) is 0.636. The van der Waals surface area contributed by atoms with Gasteiger partial charge in [-0.1, -0.05) is 11.9 Å². The monoisotopic (exact) mass is 241 g/mol. The predicted octanol–water partition coefficient (Wildman–Crippen LogP) is 2.25. The van der Waals surface area contributed by atoms with E-state index in [-0.39, 0.29) is 17.5 Å². The molecule has 5 heteroatoms. The van der Waals surface area contributed by atoms with E-state index in [9.17, 15) is 0 Å². The van der Waals surface area contributed by atoms with Crippen LogP contribution in [0.5, 0.6) is 0 Å². The summed E-state index contributed by atoms with van der Waals surface area (Å²) in [6.07, 6.45) is 3.57. The lowest BCUT2D eigenvalue weighted by atomic mass is 10.2. The van der Waals surface area contributed by atoms with Gasteiger partial charge in [0, 0.05) is 17.6 Å². The second-order valence-electron chi connectivity index (χ2n) is 4.07. The number of nitrogens with zero attached hydrogens (tertiary/aromatic N) is 2. The lowest BCUT2D eigenvalue weighted by molar-refractivity contribution is 0.00280. The van der Waals surface area contributed by atoms with Crippen molar-refractivity contribution >= 4 is 11.9 Å². The van der Waals surface area contributed by atoms with Crippen molar-refractivity contribution in [1.29, 1.82) is 0 Å². The molecule has 0 amide bonds. The van der Waals surface area contributed by atoms with Crippen LogP contribution in [0.1, 0.15) is 38.3 Å². The molecule has 0 fully saturated rings. The van der Waals surface area contributed by atoms with Gasteiger partial charge < -0.3 is 4.74 Å². The Bertz CT molecular complexity index is 316. The average molecular weight is 241 g/mol. The van der Waals surface area contributed by atoms with Gasteiger partial charge in [0.2, 0.25) is 0 Å². The van der Waals surface area contributed by atoms with Crippen LogP contribution >= 0.6 is 11.9 Å². The van der Waals surface area contributed by atoms with E-state index in [1.165, 1.54) is 11.9 Å². The lowest BCUT2D eigenvalue weighted by Gasteiger charge is -2.23. The van der Waals surface area contributed by atoms with Gasteiger partial charge in [-0.2, -0.15) is 0 Å². The van der Waals surface area contributed by atoms with Crippen molar-refractivity contribution < 1.29 is 4.74 Å². The van der Waals surface area contributed by atoms with Crippen LogP contribution in [0.25, 0.3) is 0 Å². The maximum Gasteiger partial charge on any atom is 0.158 e. The lowest BCUT2D eigenvalue weighted by Crippen LogP contribution is -2.22. The number of aromatic nitrogens is 2. The van der Waals surface area contributed by atoms with Gasteiger partial charge >= 0.3 is 0 Å². The Morgan fingerprint density at radius 1 is 1.25 bits per heavy atom. The minimum absolute atomic E-state index is 0.129. The fourth-order valence-corrected chi connectivity index (χ4v) is 1.62. The van der Waals surface area contributed by atoms with Crippen molar-refractivity contribution in [2.45, 2.75) is 45.2 Å². The summed E-state index contributed by atoms with van der Waals surface area (Å²) in [7, 11) is 0. The van der Waals surface area contributed by atoms with Gasteiger partial charge in [-0.05, 0) is 33.3 Å². The first-order chi connectivity index (χ1) is 7.54. The van der Waals surface area contributed by atoms with Crippen LogP contribution in [-0.2, 0) is 4.74 Å². The molecule has 2 N–H and O–H groups in total. The first kappa shape index (κ1) is 13.4. The third-order valence-electron chi connectivity index (χ3n) is 2.12. The summed E-state index contributed by atoms with van der Waals surface area (Å²) in [4.78, 5) is 8.59. The van der Waals surface area contributed by atoms with Gasteiger partial charge in [0.25, 0.3) is 0 Å². The molecule has 0 aliphatic carbocycles. The molecule has 0 saturated heterocycles. The second-order valence-corrected chi connectivity index (χ2v) is 5.08. The molecule has 0 aromatic carbocycles. The molecule has 2 unspecified atom stereocenters. The zero-order valence-corrected chi connectivity index (χ0v) is 11.0. The summed E-state index contributed by atoms with van der Waals surface area (Å²) in [5, 5.41) is 5.73. The highest BCUT2D eigenvalue weighted by atomic mass is 32.2. The summed E-state index contributed by atoms with van der Waals surface area (Å²) in [5.74, 6) is 0.699. The molecular weight excluding hydrogens is 222 g/mol. The zero-order valence-electron chi connectivity index (χ0n) is 10.2. The first-order valence-corrected chi connectivity index (χ1v) is 6.28. The first-order valence-electron chi connectivity index (χ1n) is 5.34. The Kier molecular flexibility index (Phi) is 5.18. The molecule has 1 aromatic heterocycles. The smallest absolute Gasteiger partial charge is 0.158 e. The van der Waals surface area contributed by atoms with Gasteiger partial charge in [-0.25, -0.2) is 9.97 Å². The number of rotatable bonds is 5. The van der Waals surface area contributed by atoms with Crippen LogP contribution < -0.4 is 5.14 Å². The Labute approximate surface area is 101 Å². The van der Waals surface area contributed by atoms with E-state index in [0.717, 1.165) is 5.56 Å². The molecule has 0 spiro atoms. The quantitative estimate of drug-likeness (QED) is 0.801. The van der Waals surface area contributed by atoms with Crippen LogP contribution in [0.4, 0.5) is 0 Å². The zero-order chi connectivity index (χ0) is 12.1. The summed E-state index contributed by atoms with van der Waals surface area (Å²) < 4.78 is 5.80. The summed E-state index contributed by atoms with van der Waals surface area (Å²) in [6, 6.07) is 0. The Hall–Kier alpha value is -0.650. The van der Waals surface area contributed by atoms with Crippen molar-refractivity contribution in [3.8, 4) is 0 Å². The molecule has 1 aromatic rings. The maximum atomic E-state index is 5.80.